The number of hydrogen-bond acceptors (Lipinski definition) is 5. The van der Waals surface area contributed by atoms with E-state index in [1.807, 2.05) is 28.2 Å². The van der Waals surface area contributed by atoms with Crippen LogP contribution in [0, 0.1) is 5.92 Å². The van der Waals surface area contributed by atoms with Crippen LogP contribution in [0.1, 0.15) is 37.4 Å². The Labute approximate surface area is 151 Å². The largest absolute Gasteiger partial charge is 0.338 e. The molecule has 3 heterocycles. The average molecular weight is 360 g/mol. The van der Waals surface area contributed by atoms with Crippen LogP contribution in [0.25, 0.3) is 11.5 Å². The summed E-state index contributed by atoms with van der Waals surface area (Å²) in [6.07, 6.45) is 4.13. The zero-order valence-electron chi connectivity index (χ0n) is 15.0. The number of nitrogens with zero attached hydrogens (tertiary/aromatic N) is 6. The standard InChI is InChI=1S/C17H24N6OS/c1-4-25-17-19-18-15(21(17)2)14-12-10-23(16(24)11-6-5-7-11)9-8-13(12)22(3)20-14/h11H,4-10H2,1-3H3. The molecule has 0 unspecified atom stereocenters. The lowest BCUT2D eigenvalue weighted by atomic mass is 9.84. The third-order valence-corrected chi connectivity index (χ3v) is 6.23. The molecule has 25 heavy (non-hydrogen) atoms. The second-order valence-corrected chi connectivity index (χ2v) is 8.06. The molecule has 0 atom stereocenters. The fraction of sp³-hybridized carbons (Fsp3) is 0.647. The van der Waals surface area contributed by atoms with Gasteiger partial charge in [-0.3, -0.25) is 9.48 Å². The van der Waals surface area contributed by atoms with Crippen LogP contribution in [-0.2, 0) is 31.9 Å². The third kappa shape index (κ3) is 2.76. The van der Waals surface area contributed by atoms with Crippen molar-refractivity contribution in [1.29, 1.82) is 0 Å². The van der Waals surface area contributed by atoms with E-state index in [1.165, 1.54) is 12.1 Å². The second-order valence-electron chi connectivity index (χ2n) is 6.83. The van der Waals surface area contributed by atoms with Crippen molar-refractivity contribution < 1.29 is 4.79 Å². The van der Waals surface area contributed by atoms with E-state index in [4.69, 9.17) is 5.10 Å². The Morgan fingerprint density at radius 1 is 1.28 bits per heavy atom. The topological polar surface area (TPSA) is 68.8 Å². The van der Waals surface area contributed by atoms with Crippen LogP contribution >= 0.6 is 11.8 Å². The van der Waals surface area contributed by atoms with Crippen molar-refractivity contribution in [3.63, 3.8) is 0 Å². The smallest absolute Gasteiger partial charge is 0.225 e. The van der Waals surface area contributed by atoms with Crippen molar-refractivity contribution in [3.05, 3.63) is 11.3 Å². The molecule has 0 saturated heterocycles. The lowest BCUT2D eigenvalue weighted by molar-refractivity contribution is -0.139. The average Bonchev–Trinajstić information content (AvgIpc) is 3.07. The zero-order valence-corrected chi connectivity index (χ0v) is 15.8. The number of hydrogen-bond donors (Lipinski definition) is 0. The molecule has 1 aliphatic heterocycles. The Hall–Kier alpha value is -1.83. The third-order valence-electron chi connectivity index (χ3n) is 5.33. The summed E-state index contributed by atoms with van der Waals surface area (Å²) in [5, 5.41) is 14.3. The highest BCUT2D eigenvalue weighted by molar-refractivity contribution is 7.99. The number of rotatable bonds is 4. The van der Waals surface area contributed by atoms with Gasteiger partial charge in [0.25, 0.3) is 0 Å². The highest BCUT2D eigenvalue weighted by atomic mass is 32.2. The van der Waals surface area contributed by atoms with Crippen LogP contribution in [0.15, 0.2) is 5.16 Å². The molecule has 0 radical (unpaired) electrons. The normalized spacial score (nSPS) is 17.5. The number of fused-ring (bicyclic) bond motifs is 1. The summed E-state index contributed by atoms with van der Waals surface area (Å²) in [6, 6.07) is 0. The first-order chi connectivity index (χ1) is 12.1. The first-order valence-electron chi connectivity index (χ1n) is 8.96. The second kappa shape index (κ2) is 6.48. The predicted octanol–water partition coefficient (Wildman–Crippen LogP) is 2.01. The van der Waals surface area contributed by atoms with Gasteiger partial charge in [0.2, 0.25) is 5.91 Å². The quantitative estimate of drug-likeness (QED) is 0.780. The number of thioether (sulfide) groups is 1. The Kier molecular flexibility index (Phi) is 4.31. The first-order valence-corrected chi connectivity index (χ1v) is 9.94. The van der Waals surface area contributed by atoms with Crippen LogP contribution in [0.5, 0.6) is 0 Å². The molecule has 1 aliphatic carbocycles. The first kappa shape index (κ1) is 16.6. The molecule has 1 amide bonds. The number of carbonyl (C=O) groups excluding carboxylic acids is 1. The molecule has 0 aromatic carbocycles. The van der Waals surface area contributed by atoms with E-state index >= 15 is 0 Å². The maximum atomic E-state index is 12.7. The van der Waals surface area contributed by atoms with Crippen molar-refractivity contribution in [2.45, 2.75) is 44.3 Å². The van der Waals surface area contributed by atoms with E-state index in [2.05, 4.69) is 17.1 Å². The van der Waals surface area contributed by atoms with Gasteiger partial charge in [-0.1, -0.05) is 25.1 Å². The zero-order chi connectivity index (χ0) is 17.6. The molecule has 8 heteroatoms. The van der Waals surface area contributed by atoms with Gasteiger partial charge in [0.15, 0.2) is 11.0 Å². The van der Waals surface area contributed by atoms with Crippen LogP contribution in [0.2, 0.25) is 0 Å². The maximum absolute atomic E-state index is 12.7. The minimum absolute atomic E-state index is 0.240. The van der Waals surface area contributed by atoms with Gasteiger partial charge in [0.1, 0.15) is 5.69 Å². The van der Waals surface area contributed by atoms with E-state index in [-0.39, 0.29) is 5.92 Å². The Balaban J connectivity index is 1.66. The van der Waals surface area contributed by atoms with Crippen LogP contribution in [0.4, 0.5) is 0 Å². The van der Waals surface area contributed by atoms with Crippen LogP contribution in [-0.4, -0.2) is 47.6 Å². The molecular weight excluding hydrogens is 336 g/mol. The van der Waals surface area contributed by atoms with E-state index in [1.54, 1.807) is 11.8 Å². The SMILES string of the molecule is CCSc1nnc(-c2nn(C)c3c2CN(C(=O)C2CCC2)CC3)n1C. The van der Waals surface area contributed by atoms with Crippen molar-refractivity contribution in [2.24, 2.45) is 20.0 Å². The van der Waals surface area contributed by atoms with Crippen molar-refractivity contribution in [1.82, 2.24) is 29.4 Å². The summed E-state index contributed by atoms with van der Waals surface area (Å²) in [6.45, 7) is 3.53. The van der Waals surface area contributed by atoms with E-state index < -0.39 is 0 Å². The fourth-order valence-electron chi connectivity index (χ4n) is 3.65. The molecule has 134 valence electrons. The van der Waals surface area contributed by atoms with Crippen molar-refractivity contribution in [2.75, 3.05) is 12.3 Å². The minimum Gasteiger partial charge on any atom is -0.338 e. The summed E-state index contributed by atoms with van der Waals surface area (Å²) in [5.41, 5.74) is 3.20. The molecule has 1 fully saturated rings. The summed E-state index contributed by atoms with van der Waals surface area (Å²) in [7, 11) is 3.96. The van der Waals surface area contributed by atoms with E-state index in [0.717, 1.165) is 53.8 Å². The Morgan fingerprint density at radius 3 is 2.76 bits per heavy atom. The van der Waals surface area contributed by atoms with Crippen molar-refractivity contribution in [3.8, 4) is 11.5 Å². The molecule has 0 bridgehead atoms. The van der Waals surface area contributed by atoms with Gasteiger partial charge in [0, 0.05) is 50.8 Å². The maximum Gasteiger partial charge on any atom is 0.225 e. The molecule has 2 aromatic heterocycles. The molecule has 1 saturated carbocycles. The fourth-order valence-corrected chi connectivity index (χ4v) is 4.29. The lowest BCUT2D eigenvalue weighted by Crippen LogP contribution is -2.42. The van der Waals surface area contributed by atoms with E-state index in [9.17, 15) is 4.79 Å². The molecule has 0 N–H and O–H groups in total. The van der Waals surface area contributed by atoms with Gasteiger partial charge >= 0.3 is 0 Å². The summed E-state index contributed by atoms with van der Waals surface area (Å²) >= 11 is 1.67. The Bertz CT molecular complexity index is 806. The van der Waals surface area contributed by atoms with E-state index in [0.29, 0.717) is 12.5 Å². The van der Waals surface area contributed by atoms with Gasteiger partial charge in [-0.15, -0.1) is 10.2 Å². The lowest BCUT2D eigenvalue weighted by Gasteiger charge is -2.34. The number of amides is 1. The number of aryl methyl sites for hydroxylation is 1. The summed E-state index contributed by atoms with van der Waals surface area (Å²) in [5.74, 6) is 2.29. The minimum atomic E-state index is 0.240. The van der Waals surface area contributed by atoms with Crippen LogP contribution < -0.4 is 0 Å². The summed E-state index contributed by atoms with van der Waals surface area (Å²) in [4.78, 5) is 14.7. The molecule has 7 nitrogen and oxygen atoms in total. The monoisotopic (exact) mass is 360 g/mol. The molecule has 2 aromatic rings. The predicted molar refractivity (Wildman–Crippen MR) is 96.1 cm³/mol. The molecule has 0 spiro atoms. The van der Waals surface area contributed by atoms with Gasteiger partial charge in [-0.2, -0.15) is 5.10 Å². The van der Waals surface area contributed by atoms with Gasteiger partial charge < -0.3 is 9.47 Å². The molecule has 4 rings (SSSR count). The molecule has 2 aliphatic rings. The summed E-state index contributed by atoms with van der Waals surface area (Å²) < 4.78 is 3.95. The van der Waals surface area contributed by atoms with Gasteiger partial charge in [-0.25, -0.2) is 0 Å². The number of aromatic nitrogens is 5. The Morgan fingerprint density at radius 2 is 2.08 bits per heavy atom. The van der Waals surface area contributed by atoms with Crippen LogP contribution in [0.3, 0.4) is 0 Å². The van der Waals surface area contributed by atoms with Crippen molar-refractivity contribution >= 4 is 17.7 Å². The number of carbonyl (C=O) groups is 1. The van der Waals surface area contributed by atoms with Gasteiger partial charge in [-0.05, 0) is 18.6 Å². The highest BCUT2D eigenvalue weighted by Gasteiger charge is 2.34. The van der Waals surface area contributed by atoms with Gasteiger partial charge in [0.05, 0.1) is 0 Å². The molecular formula is C17H24N6OS. The highest BCUT2D eigenvalue weighted by Crippen LogP contribution is 2.33.